The van der Waals surface area contributed by atoms with Gasteiger partial charge in [0.1, 0.15) is 22.8 Å². The molecular weight excluding hydrogens is 264 g/mol. The average Bonchev–Trinajstić information content (AvgIpc) is 2.84. The van der Waals surface area contributed by atoms with E-state index in [1.807, 2.05) is 0 Å². The normalized spacial score (nSPS) is 10.9. The summed E-state index contributed by atoms with van der Waals surface area (Å²) >= 11 is 0. The molecule has 100 valence electrons. The van der Waals surface area contributed by atoms with Crippen LogP contribution in [0, 0.1) is 11.6 Å². The van der Waals surface area contributed by atoms with Crippen molar-refractivity contribution >= 4 is 16.9 Å². The molecule has 3 rings (SSSR count). The number of benzene rings is 1. The van der Waals surface area contributed by atoms with Crippen LogP contribution in [0.2, 0.25) is 0 Å². The van der Waals surface area contributed by atoms with E-state index in [9.17, 15) is 13.6 Å². The standard InChI is InChI=1S/C14H9F2N3O/c15-10-4-8(5-11(16)12(10)13(17)20)9-3-7-1-2-18-14(7)19-6-9/h1-6H,(H2,17,20)(H,18,19). The first-order chi connectivity index (χ1) is 9.56. The molecule has 3 N–H and O–H groups in total. The third kappa shape index (κ3) is 1.91. The van der Waals surface area contributed by atoms with Gasteiger partial charge in [-0.3, -0.25) is 4.79 Å². The first kappa shape index (κ1) is 12.3. The van der Waals surface area contributed by atoms with Crippen molar-refractivity contribution in [2.24, 2.45) is 5.73 Å². The number of amides is 1. The van der Waals surface area contributed by atoms with E-state index in [0.717, 1.165) is 17.5 Å². The second-order valence-electron chi connectivity index (χ2n) is 4.32. The molecule has 0 saturated carbocycles. The maximum absolute atomic E-state index is 13.7. The fourth-order valence-electron chi connectivity index (χ4n) is 2.07. The van der Waals surface area contributed by atoms with Crippen LogP contribution in [0.15, 0.2) is 36.7 Å². The number of aromatic amines is 1. The van der Waals surface area contributed by atoms with E-state index < -0.39 is 23.1 Å². The predicted octanol–water partition coefficient (Wildman–Crippen LogP) is 2.61. The highest BCUT2D eigenvalue weighted by atomic mass is 19.1. The maximum atomic E-state index is 13.7. The molecule has 2 heterocycles. The Bertz CT molecular complexity index is 803. The van der Waals surface area contributed by atoms with Gasteiger partial charge in [0.05, 0.1) is 0 Å². The zero-order chi connectivity index (χ0) is 14.3. The summed E-state index contributed by atoms with van der Waals surface area (Å²) < 4.78 is 27.5. The summed E-state index contributed by atoms with van der Waals surface area (Å²) in [6.07, 6.45) is 3.22. The van der Waals surface area contributed by atoms with Crippen LogP contribution in [-0.4, -0.2) is 15.9 Å². The van der Waals surface area contributed by atoms with Gasteiger partial charge in [0, 0.05) is 23.3 Å². The summed E-state index contributed by atoms with van der Waals surface area (Å²) in [4.78, 5) is 18.0. The molecule has 0 fully saturated rings. The van der Waals surface area contributed by atoms with E-state index in [1.165, 1.54) is 6.20 Å². The lowest BCUT2D eigenvalue weighted by molar-refractivity contribution is 0.0992. The first-order valence-electron chi connectivity index (χ1n) is 5.78. The van der Waals surface area contributed by atoms with Crippen molar-refractivity contribution < 1.29 is 13.6 Å². The van der Waals surface area contributed by atoms with Crippen molar-refractivity contribution in [3.8, 4) is 11.1 Å². The topological polar surface area (TPSA) is 71.8 Å². The molecule has 0 spiro atoms. The van der Waals surface area contributed by atoms with Crippen LogP contribution in [0.1, 0.15) is 10.4 Å². The number of fused-ring (bicyclic) bond motifs is 1. The number of nitrogens with zero attached hydrogens (tertiary/aromatic N) is 1. The van der Waals surface area contributed by atoms with Gasteiger partial charge in [0.25, 0.3) is 5.91 Å². The van der Waals surface area contributed by atoms with Crippen molar-refractivity contribution in [3.05, 3.63) is 53.9 Å². The van der Waals surface area contributed by atoms with Crippen molar-refractivity contribution in [1.29, 1.82) is 0 Å². The minimum absolute atomic E-state index is 0.292. The molecule has 4 nitrogen and oxygen atoms in total. The van der Waals surface area contributed by atoms with Gasteiger partial charge >= 0.3 is 0 Å². The molecule has 1 amide bonds. The summed E-state index contributed by atoms with van der Waals surface area (Å²) in [6, 6.07) is 5.69. The third-order valence-electron chi connectivity index (χ3n) is 3.02. The number of H-pyrrole nitrogens is 1. The third-order valence-corrected chi connectivity index (χ3v) is 3.02. The van der Waals surface area contributed by atoms with Gasteiger partial charge in [-0.05, 0) is 29.8 Å². The second-order valence-corrected chi connectivity index (χ2v) is 4.32. The number of rotatable bonds is 2. The van der Waals surface area contributed by atoms with Gasteiger partial charge in [-0.25, -0.2) is 13.8 Å². The van der Waals surface area contributed by atoms with Crippen LogP contribution >= 0.6 is 0 Å². The van der Waals surface area contributed by atoms with E-state index in [2.05, 4.69) is 9.97 Å². The fraction of sp³-hybridized carbons (Fsp3) is 0. The Balaban J connectivity index is 2.16. The van der Waals surface area contributed by atoms with Gasteiger partial charge in [0.15, 0.2) is 0 Å². The quantitative estimate of drug-likeness (QED) is 0.753. The summed E-state index contributed by atoms with van der Waals surface area (Å²) in [5, 5.41) is 0.822. The Morgan fingerprint density at radius 1 is 1.15 bits per heavy atom. The van der Waals surface area contributed by atoms with Gasteiger partial charge in [0.2, 0.25) is 0 Å². The van der Waals surface area contributed by atoms with Gasteiger partial charge in [-0.15, -0.1) is 0 Å². The zero-order valence-electron chi connectivity index (χ0n) is 10.2. The van der Waals surface area contributed by atoms with E-state index in [1.54, 1.807) is 18.3 Å². The highest BCUT2D eigenvalue weighted by Gasteiger charge is 2.16. The van der Waals surface area contributed by atoms with Gasteiger partial charge in [-0.1, -0.05) is 0 Å². The lowest BCUT2D eigenvalue weighted by atomic mass is 10.0. The van der Waals surface area contributed by atoms with Gasteiger partial charge < -0.3 is 10.7 Å². The Hall–Kier alpha value is -2.76. The van der Waals surface area contributed by atoms with E-state index in [0.29, 0.717) is 16.8 Å². The summed E-state index contributed by atoms with van der Waals surface area (Å²) in [7, 11) is 0. The molecular formula is C14H9F2N3O. The maximum Gasteiger partial charge on any atom is 0.254 e. The minimum atomic E-state index is -1.13. The van der Waals surface area contributed by atoms with E-state index >= 15 is 0 Å². The molecule has 0 aliphatic rings. The molecule has 1 aromatic carbocycles. The van der Waals surface area contributed by atoms with Gasteiger partial charge in [-0.2, -0.15) is 0 Å². The van der Waals surface area contributed by atoms with Crippen LogP contribution in [-0.2, 0) is 0 Å². The first-order valence-corrected chi connectivity index (χ1v) is 5.78. The van der Waals surface area contributed by atoms with Crippen molar-refractivity contribution in [2.45, 2.75) is 0 Å². The molecule has 0 aliphatic carbocycles. The number of carbonyl (C=O) groups excluding carboxylic acids is 1. The fourth-order valence-corrected chi connectivity index (χ4v) is 2.07. The predicted molar refractivity (Wildman–Crippen MR) is 70.0 cm³/mol. The number of pyridine rings is 1. The molecule has 2 aromatic heterocycles. The highest BCUT2D eigenvalue weighted by molar-refractivity contribution is 5.94. The number of halogens is 2. The molecule has 3 aromatic rings. The molecule has 0 aliphatic heterocycles. The Labute approximate surface area is 112 Å². The number of carbonyl (C=O) groups is 1. The Morgan fingerprint density at radius 2 is 1.85 bits per heavy atom. The molecule has 0 unspecified atom stereocenters. The number of nitrogens with two attached hydrogens (primary N) is 1. The second kappa shape index (κ2) is 4.41. The number of aromatic nitrogens is 2. The SMILES string of the molecule is NC(=O)c1c(F)cc(-c2cnc3[nH]ccc3c2)cc1F. The van der Waals surface area contributed by atoms with Crippen molar-refractivity contribution in [2.75, 3.05) is 0 Å². The average molecular weight is 273 g/mol. The summed E-state index contributed by atoms with van der Waals surface area (Å²) in [5.74, 6) is -3.10. The van der Waals surface area contributed by atoms with Crippen molar-refractivity contribution in [3.63, 3.8) is 0 Å². The van der Waals surface area contributed by atoms with Crippen LogP contribution in [0.3, 0.4) is 0 Å². The highest BCUT2D eigenvalue weighted by Crippen LogP contribution is 2.26. The van der Waals surface area contributed by atoms with Crippen LogP contribution in [0.5, 0.6) is 0 Å². The summed E-state index contributed by atoms with van der Waals surface area (Å²) in [5.41, 5.74) is 5.72. The van der Waals surface area contributed by atoms with Crippen LogP contribution in [0.25, 0.3) is 22.2 Å². The van der Waals surface area contributed by atoms with E-state index in [4.69, 9.17) is 5.73 Å². The molecule has 0 bridgehead atoms. The lowest BCUT2D eigenvalue weighted by Crippen LogP contribution is -2.15. The smallest absolute Gasteiger partial charge is 0.254 e. The number of hydrogen-bond acceptors (Lipinski definition) is 2. The van der Waals surface area contributed by atoms with Crippen LogP contribution in [0.4, 0.5) is 8.78 Å². The number of nitrogens with one attached hydrogen (secondary N) is 1. The molecule has 20 heavy (non-hydrogen) atoms. The minimum Gasteiger partial charge on any atom is -0.365 e. The molecule has 0 atom stereocenters. The molecule has 0 radical (unpaired) electrons. The van der Waals surface area contributed by atoms with Crippen LogP contribution < -0.4 is 5.73 Å². The lowest BCUT2D eigenvalue weighted by Gasteiger charge is -2.06. The largest absolute Gasteiger partial charge is 0.365 e. The zero-order valence-corrected chi connectivity index (χ0v) is 10.2. The van der Waals surface area contributed by atoms with Crippen molar-refractivity contribution in [1.82, 2.24) is 9.97 Å². The number of primary amides is 1. The molecule has 0 saturated heterocycles. The summed E-state index contributed by atoms with van der Waals surface area (Å²) in [6.45, 7) is 0. The Morgan fingerprint density at radius 3 is 2.50 bits per heavy atom. The monoisotopic (exact) mass is 273 g/mol. The molecule has 6 heteroatoms. The van der Waals surface area contributed by atoms with E-state index in [-0.39, 0.29) is 0 Å². The number of hydrogen-bond donors (Lipinski definition) is 2. The Kier molecular flexibility index (Phi) is 2.71.